The van der Waals surface area contributed by atoms with Gasteiger partial charge in [-0.05, 0) is 18.2 Å². The molecule has 0 fully saturated rings. The normalized spacial score (nSPS) is 14.3. The number of imidazole rings is 1. The Morgan fingerprint density at radius 3 is 2.78 bits per heavy atom. The van der Waals surface area contributed by atoms with Crippen LogP contribution in [0.15, 0.2) is 48.7 Å². The van der Waals surface area contributed by atoms with E-state index in [1.54, 1.807) is 41.5 Å². The molecule has 0 spiro atoms. The Kier molecular flexibility index (Phi) is 4.14. The number of nitrogens with zero attached hydrogens (tertiary/aromatic N) is 3. The number of aliphatic hydroxyl groups excluding tert-OH is 1. The highest BCUT2D eigenvalue weighted by atomic mass is 35.5. The minimum absolute atomic E-state index is 0.0281. The Morgan fingerprint density at radius 1 is 1.30 bits per heavy atom. The number of carbonyl (C=O) groups is 2. The van der Waals surface area contributed by atoms with Gasteiger partial charge in [-0.3, -0.25) is 14.5 Å². The van der Waals surface area contributed by atoms with Gasteiger partial charge in [0.2, 0.25) is 0 Å². The number of imide groups is 1. The summed E-state index contributed by atoms with van der Waals surface area (Å²) >= 11 is 6.25. The van der Waals surface area contributed by atoms with Crippen molar-refractivity contribution in [1.82, 2.24) is 14.5 Å². The van der Waals surface area contributed by atoms with Crippen molar-refractivity contribution in [2.24, 2.45) is 0 Å². The molecule has 1 aliphatic heterocycles. The van der Waals surface area contributed by atoms with Gasteiger partial charge in [-0.2, -0.15) is 0 Å². The third-order valence-electron chi connectivity index (χ3n) is 3.34. The molecule has 0 unspecified atom stereocenters. The van der Waals surface area contributed by atoms with Gasteiger partial charge in [-0.15, -0.1) is 0 Å². The lowest BCUT2D eigenvalue weighted by molar-refractivity contribution is -0.137. The first-order valence-corrected chi connectivity index (χ1v) is 7.21. The van der Waals surface area contributed by atoms with Crippen LogP contribution in [0, 0.1) is 0 Å². The molecule has 0 aliphatic carbocycles. The minimum Gasteiger partial charge on any atom is -0.395 e. The fraction of sp³-hybridized carbons (Fsp3) is 0.133. The molecule has 2 aromatic rings. The van der Waals surface area contributed by atoms with E-state index in [1.165, 1.54) is 6.08 Å². The Morgan fingerprint density at radius 2 is 2.13 bits per heavy atom. The number of hydrogen-bond acceptors (Lipinski definition) is 5. The first-order chi connectivity index (χ1) is 11.1. The summed E-state index contributed by atoms with van der Waals surface area (Å²) in [5.74, 6) is -0.924. The fourth-order valence-corrected chi connectivity index (χ4v) is 2.54. The number of aromatic nitrogens is 2. The highest BCUT2D eigenvalue weighted by Crippen LogP contribution is 2.26. The lowest BCUT2D eigenvalue weighted by Crippen LogP contribution is -2.34. The summed E-state index contributed by atoms with van der Waals surface area (Å²) in [5.41, 5.74) is 1.48. The average Bonchev–Trinajstić information content (AvgIpc) is 3.13. The van der Waals surface area contributed by atoms with Crippen molar-refractivity contribution in [2.45, 2.75) is 0 Å². The number of nitrogens with one attached hydrogen (secondary N) is 1. The molecule has 2 amide bonds. The van der Waals surface area contributed by atoms with Crippen molar-refractivity contribution in [3.05, 3.63) is 53.7 Å². The van der Waals surface area contributed by atoms with Gasteiger partial charge in [-0.1, -0.05) is 11.6 Å². The van der Waals surface area contributed by atoms with Gasteiger partial charge in [-0.25, -0.2) is 4.98 Å². The van der Waals surface area contributed by atoms with Gasteiger partial charge < -0.3 is 15.0 Å². The molecular weight excluding hydrogens is 320 g/mol. The Labute approximate surface area is 136 Å². The number of carbonyl (C=O) groups excluding carboxylic acids is 2. The standard InChI is InChI=1S/C15H13ClN4O3/c16-11-7-10(1-2-13(11)19-4-3-17-9-19)18-12-8-14(22)20(5-6-21)15(12)23/h1-4,7-9,18,21H,5-6H2. The quantitative estimate of drug-likeness (QED) is 0.803. The molecule has 0 saturated carbocycles. The van der Waals surface area contributed by atoms with Crippen molar-refractivity contribution in [1.29, 1.82) is 0 Å². The summed E-state index contributed by atoms with van der Waals surface area (Å²) in [4.78, 5) is 28.7. The Hall–Kier alpha value is -2.64. The second-order valence-electron chi connectivity index (χ2n) is 4.84. The van der Waals surface area contributed by atoms with Crippen molar-refractivity contribution in [3.63, 3.8) is 0 Å². The van der Waals surface area contributed by atoms with Crippen LogP contribution in [0.4, 0.5) is 5.69 Å². The molecule has 1 aliphatic rings. The largest absolute Gasteiger partial charge is 0.395 e. The first-order valence-electron chi connectivity index (χ1n) is 6.83. The molecule has 3 rings (SSSR count). The van der Waals surface area contributed by atoms with Crippen LogP contribution in [0.25, 0.3) is 5.69 Å². The van der Waals surface area contributed by atoms with Gasteiger partial charge in [0.25, 0.3) is 11.8 Å². The number of aliphatic hydroxyl groups is 1. The molecule has 0 radical (unpaired) electrons. The second-order valence-corrected chi connectivity index (χ2v) is 5.24. The molecule has 0 saturated heterocycles. The number of halogens is 1. The maximum atomic E-state index is 12.1. The van der Waals surface area contributed by atoms with Crippen LogP contribution in [0.2, 0.25) is 5.02 Å². The Bertz CT molecular complexity index is 786. The summed E-state index contributed by atoms with van der Waals surface area (Å²) in [6, 6.07) is 5.18. The molecule has 7 nitrogen and oxygen atoms in total. The number of β-amino-alcohol motifs (C(OH)–C–C–N with tert-alkyl or cyclic N) is 1. The van der Waals surface area contributed by atoms with E-state index in [2.05, 4.69) is 10.3 Å². The number of anilines is 1. The molecular formula is C15H13ClN4O3. The van der Waals surface area contributed by atoms with Crippen LogP contribution >= 0.6 is 11.6 Å². The van der Waals surface area contributed by atoms with E-state index >= 15 is 0 Å². The highest BCUT2D eigenvalue weighted by Gasteiger charge is 2.30. The van der Waals surface area contributed by atoms with E-state index in [4.69, 9.17) is 16.7 Å². The van der Waals surface area contributed by atoms with Crippen molar-refractivity contribution >= 4 is 29.1 Å². The molecule has 0 atom stereocenters. The maximum absolute atomic E-state index is 12.1. The summed E-state index contributed by atoms with van der Waals surface area (Å²) in [6.45, 7) is -0.302. The SMILES string of the molecule is O=C1C=C(Nc2ccc(-n3ccnc3)c(Cl)c2)C(=O)N1CCO. The van der Waals surface area contributed by atoms with E-state index in [9.17, 15) is 9.59 Å². The zero-order valence-corrected chi connectivity index (χ0v) is 12.7. The summed E-state index contributed by atoms with van der Waals surface area (Å²) < 4.78 is 1.76. The van der Waals surface area contributed by atoms with Crippen LogP contribution in [-0.2, 0) is 9.59 Å². The summed E-state index contributed by atoms with van der Waals surface area (Å²) in [7, 11) is 0. The topological polar surface area (TPSA) is 87.5 Å². The zero-order chi connectivity index (χ0) is 16.4. The average molecular weight is 333 g/mol. The van der Waals surface area contributed by atoms with E-state index < -0.39 is 11.8 Å². The van der Waals surface area contributed by atoms with Crippen LogP contribution in [0.3, 0.4) is 0 Å². The number of rotatable bonds is 5. The number of benzene rings is 1. The fourth-order valence-electron chi connectivity index (χ4n) is 2.26. The lowest BCUT2D eigenvalue weighted by Gasteiger charge is -2.14. The Balaban J connectivity index is 1.79. The van der Waals surface area contributed by atoms with Crippen molar-refractivity contribution < 1.29 is 14.7 Å². The first kappa shape index (κ1) is 15.3. The third-order valence-corrected chi connectivity index (χ3v) is 3.65. The van der Waals surface area contributed by atoms with Crippen molar-refractivity contribution in [3.8, 4) is 5.69 Å². The van der Waals surface area contributed by atoms with Gasteiger partial charge in [0, 0.05) is 24.2 Å². The molecule has 8 heteroatoms. The predicted octanol–water partition coefficient (Wildman–Crippen LogP) is 1.18. The molecule has 1 aromatic heterocycles. The predicted molar refractivity (Wildman–Crippen MR) is 84.1 cm³/mol. The van der Waals surface area contributed by atoms with E-state index in [-0.39, 0.29) is 18.8 Å². The van der Waals surface area contributed by atoms with E-state index in [1.807, 2.05) is 0 Å². The lowest BCUT2D eigenvalue weighted by atomic mass is 10.2. The highest BCUT2D eigenvalue weighted by molar-refractivity contribution is 6.32. The van der Waals surface area contributed by atoms with Crippen molar-refractivity contribution in [2.75, 3.05) is 18.5 Å². The van der Waals surface area contributed by atoms with Crippen LogP contribution < -0.4 is 5.32 Å². The third kappa shape index (κ3) is 2.96. The monoisotopic (exact) mass is 332 g/mol. The summed E-state index contributed by atoms with van der Waals surface area (Å²) in [6.07, 6.45) is 6.24. The maximum Gasteiger partial charge on any atom is 0.277 e. The molecule has 23 heavy (non-hydrogen) atoms. The van der Waals surface area contributed by atoms with Gasteiger partial charge >= 0.3 is 0 Å². The summed E-state index contributed by atoms with van der Waals surface area (Å²) in [5, 5.41) is 12.2. The van der Waals surface area contributed by atoms with Gasteiger partial charge in [0.1, 0.15) is 5.70 Å². The molecule has 118 valence electrons. The van der Waals surface area contributed by atoms with E-state index in [0.29, 0.717) is 10.7 Å². The molecule has 0 bridgehead atoms. The van der Waals surface area contributed by atoms with Gasteiger partial charge in [0.05, 0.1) is 30.2 Å². The number of hydrogen-bond donors (Lipinski definition) is 2. The van der Waals surface area contributed by atoms with Crippen LogP contribution in [-0.4, -0.2) is 44.5 Å². The minimum atomic E-state index is -0.473. The number of amides is 2. The van der Waals surface area contributed by atoms with E-state index in [0.717, 1.165) is 10.6 Å². The molecule has 1 aromatic carbocycles. The van der Waals surface area contributed by atoms with Crippen LogP contribution in [0.1, 0.15) is 0 Å². The molecule has 2 N–H and O–H groups in total. The second kappa shape index (κ2) is 6.23. The smallest absolute Gasteiger partial charge is 0.277 e. The molecule has 2 heterocycles. The zero-order valence-electron chi connectivity index (χ0n) is 11.9. The van der Waals surface area contributed by atoms with Gasteiger partial charge in [0.15, 0.2) is 0 Å². The van der Waals surface area contributed by atoms with Crippen LogP contribution in [0.5, 0.6) is 0 Å².